The largest absolute Gasteiger partial charge is 0.276 e. The third-order valence-corrected chi connectivity index (χ3v) is 3.53. The van der Waals surface area contributed by atoms with Gasteiger partial charge in [-0.05, 0) is 48.9 Å². The molecule has 0 fully saturated rings. The molecule has 4 heteroatoms. The van der Waals surface area contributed by atoms with Crippen molar-refractivity contribution in [2.24, 2.45) is 12.9 Å². The molecular weight excluding hydrogens is 236 g/mol. The number of hydrogen-bond acceptors (Lipinski definition) is 3. The lowest BCUT2D eigenvalue weighted by Crippen LogP contribution is -2.38. The summed E-state index contributed by atoms with van der Waals surface area (Å²) in [6.45, 7) is 4.28. The summed E-state index contributed by atoms with van der Waals surface area (Å²) in [7, 11) is 1.93. The molecule has 1 atom stereocenters. The number of rotatable bonds is 5. The van der Waals surface area contributed by atoms with Gasteiger partial charge in [-0.15, -0.1) is 0 Å². The van der Waals surface area contributed by atoms with E-state index in [9.17, 15) is 0 Å². The van der Waals surface area contributed by atoms with Crippen molar-refractivity contribution in [1.82, 2.24) is 15.2 Å². The molecule has 4 nitrogen and oxygen atoms in total. The molecule has 1 heterocycles. The van der Waals surface area contributed by atoms with Crippen molar-refractivity contribution < 1.29 is 0 Å². The van der Waals surface area contributed by atoms with Crippen molar-refractivity contribution in [1.29, 1.82) is 0 Å². The molecule has 0 radical (unpaired) electrons. The highest BCUT2D eigenvalue weighted by Gasteiger charge is 2.10. The lowest BCUT2D eigenvalue weighted by atomic mass is 9.98. The van der Waals surface area contributed by atoms with Gasteiger partial charge >= 0.3 is 0 Å². The van der Waals surface area contributed by atoms with Crippen LogP contribution in [0.15, 0.2) is 30.6 Å². The predicted molar refractivity (Wildman–Crippen MR) is 77.6 cm³/mol. The molecule has 2 aromatic rings. The van der Waals surface area contributed by atoms with Crippen LogP contribution in [0.5, 0.6) is 0 Å². The Bertz CT molecular complexity index is 545. The topological polar surface area (TPSA) is 55.9 Å². The van der Waals surface area contributed by atoms with E-state index in [1.165, 1.54) is 22.3 Å². The molecule has 0 saturated heterocycles. The van der Waals surface area contributed by atoms with Crippen molar-refractivity contribution >= 4 is 0 Å². The van der Waals surface area contributed by atoms with Gasteiger partial charge in [-0.1, -0.05) is 18.2 Å². The summed E-state index contributed by atoms with van der Waals surface area (Å²) in [4.78, 5) is 0. The monoisotopic (exact) mass is 258 g/mol. The van der Waals surface area contributed by atoms with Gasteiger partial charge in [0.05, 0.1) is 6.20 Å². The van der Waals surface area contributed by atoms with Crippen LogP contribution in [0.2, 0.25) is 0 Å². The third-order valence-electron chi connectivity index (χ3n) is 3.53. The molecular formula is C15H22N4. The summed E-state index contributed by atoms with van der Waals surface area (Å²) in [6.07, 6.45) is 5.74. The maximum Gasteiger partial charge on any atom is 0.0522 e. The molecule has 0 saturated carbocycles. The van der Waals surface area contributed by atoms with Gasteiger partial charge in [0.15, 0.2) is 0 Å². The summed E-state index contributed by atoms with van der Waals surface area (Å²) in [5.74, 6) is 5.67. The highest BCUT2D eigenvalue weighted by Crippen LogP contribution is 2.13. The standard InChI is InChI=1S/C15H22N4/c1-11-4-5-13(6-12(11)2)7-15(18-16)8-14-9-17-19(3)10-14/h4-6,9-10,15,18H,7-8,16H2,1-3H3. The van der Waals surface area contributed by atoms with Crippen molar-refractivity contribution in [3.63, 3.8) is 0 Å². The molecule has 0 spiro atoms. The minimum absolute atomic E-state index is 0.228. The Balaban J connectivity index is 2.04. The fraction of sp³-hybridized carbons (Fsp3) is 0.400. The van der Waals surface area contributed by atoms with Gasteiger partial charge in [0.1, 0.15) is 0 Å². The van der Waals surface area contributed by atoms with Crippen molar-refractivity contribution in [2.75, 3.05) is 0 Å². The average molecular weight is 258 g/mol. The zero-order valence-electron chi connectivity index (χ0n) is 11.9. The van der Waals surface area contributed by atoms with E-state index in [-0.39, 0.29) is 6.04 Å². The second kappa shape index (κ2) is 5.99. The highest BCUT2D eigenvalue weighted by atomic mass is 15.2. The number of hydrogen-bond donors (Lipinski definition) is 2. The number of nitrogens with one attached hydrogen (secondary N) is 1. The fourth-order valence-electron chi connectivity index (χ4n) is 2.27. The molecule has 0 aliphatic heterocycles. The quantitative estimate of drug-likeness (QED) is 0.633. The van der Waals surface area contributed by atoms with Crippen LogP contribution < -0.4 is 11.3 Å². The van der Waals surface area contributed by atoms with Gasteiger partial charge in [-0.3, -0.25) is 16.0 Å². The molecule has 102 valence electrons. The fourth-order valence-corrected chi connectivity index (χ4v) is 2.27. The Morgan fingerprint density at radius 2 is 1.95 bits per heavy atom. The average Bonchev–Trinajstić information content (AvgIpc) is 2.78. The Labute approximate surface area is 114 Å². The zero-order valence-corrected chi connectivity index (χ0v) is 11.9. The van der Waals surface area contributed by atoms with E-state index in [1.807, 2.05) is 24.1 Å². The first-order chi connectivity index (χ1) is 9.08. The first-order valence-electron chi connectivity index (χ1n) is 6.58. The van der Waals surface area contributed by atoms with E-state index in [0.29, 0.717) is 0 Å². The SMILES string of the molecule is Cc1ccc(CC(Cc2cnn(C)c2)NN)cc1C. The Morgan fingerprint density at radius 1 is 1.21 bits per heavy atom. The van der Waals surface area contributed by atoms with Crippen LogP contribution >= 0.6 is 0 Å². The molecule has 0 bridgehead atoms. The van der Waals surface area contributed by atoms with Gasteiger partial charge in [0.25, 0.3) is 0 Å². The lowest BCUT2D eigenvalue weighted by Gasteiger charge is -2.15. The van der Waals surface area contributed by atoms with E-state index >= 15 is 0 Å². The second-order valence-corrected chi connectivity index (χ2v) is 5.21. The molecule has 0 amide bonds. The summed E-state index contributed by atoms with van der Waals surface area (Å²) in [6, 6.07) is 6.81. The molecule has 1 aromatic heterocycles. The maximum atomic E-state index is 5.67. The molecule has 0 aliphatic rings. The van der Waals surface area contributed by atoms with Crippen LogP contribution in [-0.4, -0.2) is 15.8 Å². The molecule has 1 unspecified atom stereocenters. The summed E-state index contributed by atoms with van der Waals surface area (Å²) in [5, 5.41) is 4.18. The number of benzene rings is 1. The van der Waals surface area contributed by atoms with Crippen molar-refractivity contribution in [2.45, 2.75) is 32.7 Å². The molecule has 3 N–H and O–H groups in total. The van der Waals surface area contributed by atoms with Crippen LogP contribution in [0.4, 0.5) is 0 Å². The van der Waals surface area contributed by atoms with E-state index in [1.54, 1.807) is 0 Å². The normalized spacial score (nSPS) is 12.6. The van der Waals surface area contributed by atoms with E-state index in [2.05, 4.69) is 42.6 Å². The second-order valence-electron chi connectivity index (χ2n) is 5.21. The van der Waals surface area contributed by atoms with Crippen LogP contribution in [-0.2, 0) is 19.9 Å². The van der Waals surface area contributed by atoms with Crippen LogP contribution in [0.1, 0.15) is 22.3 Å². The van der Waals surface area contributed by atoms with Crippen LogP contribution in [0, 0.1) is 13.8 Å². The molecule has 1 aromatic carbocycles. The van der Waals surface area contributed by atoms with Gasteiger partial charge in [0.2, 0.25) is 0 Å². The molecule has 2 rings (SSSR count). The van der Waals surface area contributed by atoms with Crippen molar-refractivity contribution in [3.05, 3.63) is 52.8 Å². The smallest absolute Gasteiger partial charge is 0.0522 e. The Kier molecular flexibility index (Phi) is 4.35. The van der Waals surface area contributed by atoms with Crippen LogP contribution in [0.3, 0.4) is 0 Å². The van der Waals surface area contributed by atoms with Gasteiger partial charge in [-0.25, -0.2) is 0 Å². The van der Waals surface area contributed by atoms with Gasteiger partial charge < -0.3 is 0 Å². The number of aryl methyl sites for hydroxylation is 3. The number of nitrogens with two attached hydrogens (primary N) is 1. The van der Waals surface area contributed by atoms with Crippen LogP contribution in [0.25, 0.3) is 0 Å². The summed E-state index contributed by atoms with van der Waals surface area (Å²) >= 11 is 0. The molecule has 19 heavy (non-hydrogen) atoms. The Morgan fingerprint density at radius 3 is 2.53 bits per heavy atom. The first kappa shape index (κ1) is 13.8. The zero-order chi connectivity index (χ0) is 13.8. The molecule has 0 aliphatic carbocycles. The summed E-state index contributed by atoms with van der Waals surface area (Å²) < 4.78 is 1.82. The minimum Gasteiger partial charge on any atom is -0.276 e. The number of hydrazine groups is 1. The van der Waals surface area contributed by atoms with E-state index in [0.717, 1.165) is 12.8 Å². The van der Waals surface area contributed by atoms with Gasteiger partial charge in [-0.2, -0.15) is 5.10 Å². The van der Waals surface area contributed by atoms with E-state index in [4.69, 9.17) is 5.84 Å². The van der Waals surface area contributed by atoms with Crippen molar-refractivity contribution in [3.8, 4) is 0 Å². The lowest BCUT2D eigenvalue weighted by molar-refractivity contribution is 0.522. The first-order valence-corrected chi connectivity index (χ1v) is 6.58. The minimum atomic E-state index is 0.228. The third kappa shape index (κ3) is 3.66. The highest BCUT2D eigenvalue weighted by molar-refractivity contribution is 5.30. The number of nitrogens with zero attached hydrogens (tertiary/aromatic N) is 2. The summed E-state index contributed by atoms with van der Waals surface area (Å²) in [5.41, 5.74) is 8.08. The predicted octanol–water partition coefficient (Wildman–Crippen LogP) is 1.65. The maximum absolute atomic E-state index is 5.67. The van der Waals surface area contributed by atoms with Gasteiger partial charge in [0, 0.05) is 19.3 Å². The van der Waals surface area contributed by atoms with E-state index < -0.39 is 0 Å². The Hall–Kier alpha value is -1.65. The number of aromatic nitrogens is 2.